The fourth-order valence-corrected chi connectivity index (χ4v) is 7.08. The van der Waals surface area contributed by atoms with Crippen LogP contribution in [0.25, 0.3) is 93.6 Å². The van der Waals surface area contributed by atoms with Crippen molar-refractivity contribution in [1.29, 1.82) is 0 Å². The first-order valence-electron chi connectivity index (χ1n) is 15.3. The van der Waals surface area contributed by atoms with Crippen LogP contribution >= 0.6 is 0 Å². The number of para-hydroxylation sites is 4. The first kappa shape index (κ1) is 24.4. The zero-order valence-corrected chi connectivity index (χ0v) is 24.2. The zero-order valence-electron chi connectivity index (χ0n) is 24.2. The van der Waals surface area contributed by atoms with E-state index in [9.17, 15) is 0 Å². The van der Waals surface area contributed by atoms with Gasteiger partial charge in [0.2, 0.25) is 0 Å². The van der Waals surface area contributed by atoms with Crippen molar-refractivity contribution in [3.8, 4) is 27.9 Å². The molecule has 45 heavy (non-hydrogen) atoms. The molecule has 0 atom stereocenters. The van der Waals surface area contributed by atoms with Gasteiger partial charge in [0.1, 0.15) is 22.3 Å². The predicted molar refractivity (Wildman–Crippen MR) is 186 cm³/mol. The number of nitrogens with zero attached hydrogens (tertiary/aromatic N) is 1. The van der Waals surface area contributed by atoms with Gasteiger partial charge in [-0.3, -0.25) is 0 Å². The van der Waals surface area contributed by atoms with Gasteiger partial charge in [-0.2, -0.15) is 0 Å². The van der Waals surface area contributed by atoms with Crippen molar-refractivity contribution in [2.24, 2.45) is 0 Å². The van der Waals surface area contributed by atoms with E-state index in [1.54, 1.807) is 0 Å². The van der Waals surface area contributed by atoms with Crippen molar-refractivity contribution >= 4 is 65.7 Å². The van der Waals surface area contributed by atoms with Crippen LogP contribution in [-0.2, 0) is 0 Å². The van der Waals surface area contributed by atoms with Crippen molar-refractivity contribution in [1.82, 2.24) is 4.57 Å². The highest BCUT2D eigenvalue weighted by Gasteiger charge is 2.16. The van der Waals surface area contributed by atoms with Crippen molar-refractivity contribution in [2.75, 3.05) is 0 Å². The number of hydrogen-bond donors (Lipinski definition) is 0. The molecule has 3 aromatic heterocycles. The first-order valence-corrected chi connectivity index (χ1v) is 15.3. The van der Waals surface area contributed by atoms with Crippen LogP contribution in [0.3, 0.4) is 0 Å². The Bertz CT molecular complexity index is 2740. The molecular weight excluding hydrogens is 550 g/mol. The summed E-state index contributed by atoms with van der Waals surface area (Å²) >= 11 is 0. The highest BCUT2D eigenvalue weighted by atomic mass is 16.3. The smallest absolute Gasteiger partial charge is 0.143 e. The molecule has 0 aliphatic rings. The second kappa shape index (κ2) is 9.22. The Morgan fingerprint density at radius 3 is 1.73 bits per heavy atom. The summed E-state index contributed by atoms with van der Waals surface area (Å²) in [6.07, 6.45) is 0. The molecule has 0 radical (unpaired) electrons. The third-order valence-electron chi connectivity index (χ3n) is 9.23. The fourth-order valence-electron chi connectivity index (χ4n) is 7.08. The highest BCUT2D eigenvalue weighted by molar-refractivity contribution is 6.17. The van der Waals surface area contributed by atoms with Gasteiger partial charge in [0.25, 0.3) is 0 Å². The Kier molecular flexibility index (Phi) is 5.00. The van der Waals surface area contributed by atoms with E-state index in [1.807, 2.05) is 24.3 Å². The molecule has 0 saturated carbocycles. The van der Waals surface area contributed by atoms with Gasteiger partial charge in [0, 0.05) is 43.6 Å². The van der Waals surface area contributed by atoms with Crippen LogP contribution in [0.1, 0.15) is 0 Å². The van der Waals surface area contributed by atoms with Crippen LogP contribution < -0.4 is 0 Å². The molecule has 0 spiro atoms. The van der Waals surface area contributed by atoms with Gasteiger partial charge in [-0.05, 0) is 59.2 Å². The second-order valence-electron chi connectivity index (χ2n) is 11.7. The Balaban J connectivity index is 1.06. The van der Waals surface area contributed by atoms with Crippen molar-refractivity contribution in [3.63, 3.8) is 0 Å². The number of fused-ring (bicyclic) bond motifs is 9. The molecule has 0 N–H and O–H groups in total. The minimum atomic E-state index is 0.917. The van der Waals surface area contributed by atoms with Gasteiger partial charge in [0.15, 0.2) is 0 Å². The Labute approximate surface area is 258 Å². The SMILES string of the molecule is c1ccc2c(c1)oc1cc3c4ccccc4n(-c4ccc(-c5ccc(-c6cccc7c6oc6ccccc67)cc5)cc4)c3cc12. The monoisotopic (exact) mass is 575 g/mol. The largest absolute Gasteiger partial charge is 0.456 e. The van der Waals surface area contributed by atoms with Gasteiger partial charge >= 0.3 is 0 Å². The predicted octanol–water partition coefficient (Wildman–Crippen LogP) is 11.9. The van der Waals surface area contributed by atoms with Crippen LogP contribution in [0.5, 0.6) is 0 Å². The lowest BCUT2D eigenvalue weighted by molar-refractivity contribution is 0.669. The van der Waals surface area contributed by atoms with E-state index in [-0.39, 0.29) is 0 Å². The van der Waals surface area contributed by atoms with Gasteiger partial charge in [-0.1, -0.05) is 109 Å². The van der Waals surface area contributed by atoms with E-state index in [0.29, 0.717) is 0 Å². The van der Waals surface area contributed by atoms with Crippen LogP contribution in [0.4, 0.5) is 0 Å². The summed E-state index contributed by atoms with van der Waals surface area (Å²) < 4.78 is 14.9. The molecule has 3 heteroatoms. The molecule has 3 heterocycles. The lowest BCUT2D eigenvalue weighted by Crippen LogP contribution is -1.93. The summed E-state index contributed by atoms with van der Waals surface area (Å²) in [5.74, 6) is 0. The number of rotatable bonds is 3. The molecule has 0 aliphatic carbocycles. The summed E-state index contributed by atoms with van der Waals surface area (Å²) in [4.78, 5) is 0. The molecule has 0 bridgehead atoms. The normalized spacial score (nSPS) is 12.0. The molecule has 10 rings (SSSR count). The number of aromatic nitrogens is 1. The lowest BCUT2D eigenvalue weighted by atomic mass is 9.98. The summed E-state index contributed by atoms with van der Waals surface area (Å²) in [7, 11) is 0. The quantitative estimate of drug-likeness (QED) is 0.210. The molecule has 0 amide bonds. The third-order valence-corrected chi connectivity index (χ3v) is 9.23. The lowest BCUT2D eigenvalue weighted by Gasteiger charge is -2.10. The van der Waals surface area contributed by atoms with E-state index < -0.39 is 0 Å². The summed E-state index contributed by atoms with van der Waals surface area (Å²) in [5, 5.41) is 6.98. The summed E-state index contributed by atoms with van der Waals surface area (Å²) in [6, 6.07) is 53.7. The van der Waals surface area contributed by atoms with Crippen LogP contribution in [0.15, 0.2) is 160 Å². The first-order chi connectivity index (χ1) is 22.3. The number of benzene rings is 7. The maximum atomic E-state index is 6.30. The van der Waals surface area contributed by atoms with E-state index in [1.165, 1.54) is 32.9 Å². The van der Waals surface area contributed by atoms with Gasteiger partial charge in [-0.25, -0.2) is 0 Å². The summed E-state index contributed by atoms with van der Waals surface area (Å²) in [6.45, 7) is 0. The van der Waals surface area contributed by atoms with Gasteiger partial charge in [0.05, 0.1) is 11.0 Å². The van der Waals surface area contributed by atoms with Crippen molar-refractivity contribution in [2.45, 2.75) is 0 Å². The van der Waals surface area contributed by atoms with E-state index >= 15 is 0 Å². The maximum Gasteiger partial charge on any atom is 0.143 e. The molecule has 210 valence electrons. The maximum absolute atomic E-state index is 6.30. The number of furan rings is 2. The molecular formula is C42H25NO2. The minimum Gasteiger partial charge on any atom is -0.456 e. The third kappa shape index (κ3) is 3.58. The summed E-state index contributed by atoms with van der Waals surface area (Å²) in [5.41, 5.74) is 11.8. The fraction of sp³-hybridized carbons (Fsp3) is 0. The van der Waals surface area contributed by atoms with Crippen molar-refractivity contribution in [3.05, 3.63) is 152 Å². The van der Waals surface area contributed by atoms with Crippen molar-refractivity contribution < 1.29 is 8.83 Å². The second-order valence-corrected chi connectivity index (χ2v) is 11.7. The van der Waals surface area contributed by atoms with E-state index in [2.05, 4.69) is 132 Å². The molecule has 3 nitrogen and oxygen atoms in total. The molecule has 0 aliphatic heterocycles. The Morgan fingerprint density at radius 1 is 0.356 bits per heavy atom. The van der Waals surface area contributed by atoms with E-state index in [4.69, 9.17) is 8.83 Å². The molecule has 0 fully saturated rings. The van der Waals surface area contributed by atoms with E-state index in [0.717, 1.165) is 60.7 Å². The van der Waals surface area contributed by atoms with Crippen LogP contribution in [0, 0.1) is 0 Å². The Hall–Kier alpha value is -6.06. The van der Waals surface area contributed by atoms with Gasteiger partial charge in [-0.15, -0.1) is 0 Å². The van der Waals surface area contributed by atoms with Gasteiger partial charge < -0.3 is 13.4 Å². The minimum absolute atomic E-state index is 0.917. The number of hydrogen-bond acceptors (Lipinski definition) is 2. The topological polar surface area (TPSA) is 31.2 Å². The molecule has 10 aromatic rings. The average Bonchev–Trinajstić information content (AvgIpc) is 3.77. The highest BCUT2D eigenvalue weighted by Crippen LogP contribution is 2.39. The standard InChI is InChI=1S/C42H25NO2/c1-4-13-37-31(8-1)35-25-41-36(33-10-3-5-14-39(33)44-41)24-38(35)43(37)29-22-20-27(21-23-29)26-16-18-28(19-17-26)30-11-7-12-34-32-9-2-6-15-40(32)45-42(30)34/h1-25H. The molecule has 0 saturated heterocycles. The average molecular weight is 576 g/mol. The van der Waals surface area contributed by atoms with Crippen LogP contribution in [-0.4, -0.2) is 4.57 Å². The molecule has 0 unspecified atom stereocenters. The van der Waals surface area contributed by atoms with Crippen LogP contribution in [0.2, 0.25) is 0 Å². The zero-order chi connectivity index (χ0) is 29.5. The Morgan fingerprint density at radius 2 is 0.956 bits per heavy atom. The molecule has 7 aromatic carbocycles.